The zero-order chi connectivity index (χ0) is 10.2. The Balaban J connectivity index is 2.10. The van der Waals surface area contributed by atoms with E-state index in [2.05, 4.69) is 15.5 Å². The fourth-order valence-corrected chi connectivity index (χ4v) is 1.09. The first kappa shape index (κ1) is 10.7. The molecule has 1 rings (SSSR count). The number of aromatic nitrogens is 2. The van der Waals surface area contributed by atoms with Gasteiger partial charge in [0.2, 0.25) is 0 Å². The Labute approximate surface area is 82.5 Å². The molecule has 1 aromatic heterocycles. The molecule has 0 saturated carbocycles. The summed E-state index contributed by atoms with van der Waals surface area (Å²) in [7, 11) is 0. The molecule has 0 radical (unpaired) electrons. The first-order valence-electron chi connectivity index (χ1n) is 4.72. The molecule has 0 aromatic carbocycles. The van der Waals surface area contributed by atoms with Gasteiger partial charge in [0.05, 0.1) is 11.8 Å². The number of aliphatic hydroxyl groups excluding tert-OH is 1. The number of aliphatic hydroxyl groups is 1. The summed E-state index contributed by atoms with van der Waals surface area (Å²) in [6.45, 7) is 0.861. The van der Waals surface area contributed by atoms with Gasteiger partial charge in [-0.3, -0.25) is 9.89 Å². The Hall–Kier alpha value is -1.36. The number of amides is 1. The maximum absolute atomic E-state index is 11.3. The van der Waals surface area contributed by atoms with Crippen LogP contribution in [-0.4, -0.2) is 34.4 Å². The van der Waals surface area contributed by atoms with E-state index in [4.69, 9.17) is 5.11 Å². The van der Waals surface area contributed by atoms with Crippen molar-refractivity contribution in [1.29, 1.82) is 0 Å². The van der Waals surface area contributed by atoms with Gasteiger partial charge in [0, 0.05) is 19.3 Å². The van der Waals surface area contributed by atoms with Gasteiger partial charge in [0.1, 0.15) is 0 Å². The molecule has 0 spiro atoms. The number of unbranched alkanes of at least 4 members (excludes halogenated alkanes) is 2. The van der Waals surface area contributed by atoms with Gasteiger partial charge in [-0.1, -0.05) is 0 Å². The minimum atomic E-state index is -0.109. The highest BCUT2D eigenvalue weighted by atomic mass is 16.2. The topological polar surface area (TPSA) is 78.0 Å². The van der Waals surface area contributed by atoms with Crippen LogP contribution in [0.1, 0.15) is 29.6 Å². The molecule has 0 aliphatic carbocycles. The van der Waals surface area contributed by atoms with Gasteiger partial charge in [-0.05, 0) is 19.3 Å². The van der Waals surface area contributed by atoms with Gasteiger partial charge in [-0.15, -0.1) is 0 Å². The molecular weight excluding hydrogens is 182 g/mol. The molecule has 78 valence electrons. The summed E-state index contributed by atoms with van der Waals surface area (Å²) in [4.78, 5) is 11.3. The number of aromatic amines is 1. The Morgan fingerprint density at radius 2 is 2.36 bits per heavy atom. The predicted molar refractivity (Wildman–Crippen MR) is 51.9 cm³/mol. The number of nitrogens with one attached hydrogen (secondary N) is 2. The number of carbonyl (C=O) groups excluding carboxylic acids is 1. The Morgan fingerprint density at radius 1 is 1.50 bits per heavy atom. The van der Waals surface area contributed by atoms with Crippen molar-refractivity contribution in [2.75, 3.05) is 13.2 Å². The summed E-state index contributed by atoms with van der Waals surface area (Å²) in [6.07, 6.45) is 5.67. The average Bonchev–Trinajstić information content (AvgIpc) is 2.70. The maximum atomic E-state index is 11.3. The van der Waals surface area contributed by atoms with Crippen molar-refractivity contribution in [2.24, 2.45) is 0 Å². The highest BCUT2D eigenvalue weighted by Crippen LogP contribution is 1.95. The Kier molecular flexibility index (Phi) is 4.71. The lowest BCUT2D eigenvalue weighted by molar-refractivity contribution is 0.0953. The number of nitrogens with zero attached hydrogens (tertiary/aromatic N) is 1. The average molecular weight is 197 g/mol. The molecular formula is C9H15N3O2. The number of carbonyl (C=O) groups is 1. The minimum absolute atomic E-state index is 0.109. The highest BCUT2D eigenvalue weighted by molar-refractivity contribution is 5.93. The van der Waals surface area contributed by atoms with Gasteiger partial charge in [-0.25, -0.2) is 0 Å². The summed E-state index contributed by atoms with van der Waals surface area (Å²) >= 11 is 0. The third-order valence-corrected chi connectivity index (χ3v) is 1.88. The molecule has 1 aromatic rings. The van der Waals surface area contributed by atoms with E-state index in [0.717, 1.165) is 19.3 Å². The van der Waals surface area contributed by atoms with Crippen LogP contribution in [0.3, 0.4) is 0 Å². The second-order valence-corrected chi connectivity index (χ2v) is 3.03. The number of hydrogen-bond donors (Lipinski definition) is 3. The SMILES string of the molecule is O=C(NCCCCCO)c1cn[nH]c1. The second kappa shape index (κ2) is 6.15. The van der Waals surface area contributed by atoms with E-state index in [1.165, 1.54) is 6.20 Å². The monoisotopic (exact) mass is 197 g/mol. The summed E-state index contributed by atoms with van der Waals surface area (Å²) in [6, 6.07) is 0. The van der Waals surface area contributed by atoms with Crippen molar-refractivity contribution in [2.45, 2.75) is 19.3 Å². The van der Waals surface area contributed by atoms with Crippen LogP contribution < -0.4 is 5.32 Å². The largest absolute Gasteiger partial charge is 0.396 e. The third kappa shape index (κ3) is 3.57. The molecule has 0 bridgehead atoms. The van der Waals surface area contributed by atoms with Gasteiger partial charge in [0.15, 0.2) is 0 Å². The lowest BCUT2D eigenvalue weighted by atomic mass is 10.2. The van der Waals surface area contributed by atoms with E-state index in [1.54, 1.807) is 6.20 Å². The van der Waals surface area contributed by atoms with E-state index in [1.807, 2.05) is 0 Å². The molecule has 0 fully saturated rings. The van der Waals surface area contributed by atoms with E-state index in [0.29, 0.717) is 12.1 Å². The molecule has 0 aliphatic heterocycles. The quantitative estimate of drug-likeness (QED) is 0.574. The van der Waals surface area contributed by atoms with Gasteiger partial charge < -0.3 is 10.4 Å². The van der Waals surface area contributed by atoms with Gasteiger partial charge >= 0.3 is 0 Å². The first-order valence-corrected chi connectivity index (χ1v) is 4.72. The highest BCUT2D eigenvalue weighted by Gasteiger charge is 2.04. The van der Waals surface area contributed by atoms with Crippen molar-refractivity contribution in [1.82, 2.24) is 15.5 Å². The zero-order valence-electron chi connectivity index (χ0n) is 7.99. The van der Waals surface area contributed by atoms with E-state index in [9.17, 15) is 4.79 Å². The molecule has 0 atom stereocenters. The van der Waals surface area contributed by atoms with Crippen LogP contribution in [0.2, 0.25) is 0 Å². The summed E-state index contributed by atoms with van der Waals surface area (Å²) in [5, 5.41) is 17.5. The van der Waals surface area contributed by atoms with Gasteiger partial charge in [-0.2, -0.15) is 5.10 Å². The van der Waals surface area contributed by atoms with Crippen LogP contribution in [0.5, 0.6) is 0 Å². The smallest absolute Gasteiger partial charge is 0.254 e. The number of hydrogen-bond acceptors (Lipinski definition) is 3. The third-order valence-electron chi connectivity index (χ3n) is 1.88. The van der Waals surface area contributed by atoms with Crippen LogP contribution in [0.25, 0.3) is 0 Å². The van der Waals surface area contributed by atoms with E-state index >= 15 is 0 Å². The molecule has 3 N–H and O–H groups in total. The van der Waals surface area contributed by atoms with Gasteiger partial charge in [0.25, 0.3) is 5.91 Å². The Morgan fingerprint density at radius 3 is 3.00 bits per heavy atom. The predicted octanol–water partition coefficient (Wildman–Crippen LogP) is 0.302. The lowest BCUT2D eigenvalue weighted by Crippen LogP contribution is -2.23. The summed E-state index contributed by atoms with van der Waals surface area (Å²) in [5.41, 5.74) is 0.548. The van der Waals surface area contributed by atoms with Crippen LogP contribution in [0, 0.1) is 0 Å². The molecule has 5 nitrogen and oxygen atoms in total. The van der Waals surface area contributed by atoms with Crippen LogP contribution in [-0.2, 0) is 0 Å². The molecule has 0 aliphatic rings. The van der Waals surface area contributed by atoms with Crippen molar-refractivity contribution < 1.29 is 9.90 Å². The number of rotatable bonds is 6. The standard InChI is InChI=1S/C9H15N3O2/c13-5-3-1-2-4-10-9(14)8-6-11-12-7-8/h6-7,13H,1-5H2,(H,10,14)(H,11,12). The summed E-state index contributed by atoms with van der Waals surface area (Å²) in [5.74, 6) is -0.109. The Bertz CT molecular complexity index is 259. The van der Waals surface area contributed by atoms with Crippen molar-refractivity contribution in [3.8, 4) is 0 Å². The van der Waals surface area contributed by atoms with Crippen molar-refractivity contribution in [3.05, 3.63) is 18.0 Å². The van der Waals surface area contributed by atoms with Crippen LogP contribution >= 0.6 is 0 Å². The van der Waals surface area contributed by atoms with E-state index < -0.39 is 0 Å². The second-order valence-electron chi connectivity index (χ2n) is 3.03. The zero-order valence-corrected chi connectivity index (χ0v) is 7.99. The molecule has 0 unspecified atom stereocenters. The normalized spacial score (nSPS) is 10.1. The molecule has 5 heteroatoms. The molecule has 14 heavy (non-hydrogen) atoms. The fraction of sp³-hybridized carbons (Fsp3) is 0.556. The molecule has 1 heterocycles. The number of H-pyrrole nitrogens is 1. The van der Waals surface area contributed by atoms with Crippen LogP contribution in [0.4, 0.5) is 0 Å². The van der Waals surface area contributed by atoms with Crippen molar-refractivity contribution in [3.63, 3.8) is 0 Å². The minimum Gasteiger partial charge on any atom is -0.396 e. The molecule has 0 saturated heterocycles. The van der Waals surface area contributed by atoms with Crippen molar-refractivity contribution >= 4 is 5.91 Å². The first-order chi connectivity index (χ1) is 6.84. The fourth-order valence-electron chi connectivity index (χ4n) is 1.09. The van der Waals surface area contributed by atoms with E-state index in [-0.39, 0.29) is 12.5 Å². The maximum Gasteiger partial charge on any atom is 0.254 e. The lowest BCUT2D eigenvalue weighted by Gasteiger charge is -2.02. The van der Waals surface area contributed by atoms with Crippen LogP contribution in [0.15, 0.2) is 12.4 Å². The molecule has 1 amide bonds. The summed E-state index contributed by atoms with van der Waals surface area (Å²) < 4.78 is 0.